The predicted octanol–water partition coefficient (Wildman–Crippen LogP) is 2.70. The van der Waals surface area contributed by atoms with Gasteiger partial charge in [0.05, 0.1) is 6.61 Å². The first-order valence-corrected chi connectivity index (χ1v) is 7.40. The molecule has 1 heterocycles. The molecule has 5 nitrogen and oxygen atoms in total. The Hall–Kier alpha value is -1.27. The van der Waals surface area contributed by atoms with Gasteiger partial charge >= 0.3 is 5.97 Å². The molecule has 1 aliphatic carbocycles. The van der Waals surface area contributed by atoms with Crippen LogP contribution in [0.15, 0.2) is 16.6 Å². The number of hydrogen-bond donors (Lipinski definition) is 1. The average Bonchev–Trinajstić information content (AvgIpc) is 2.76. The second kappa shape index (κ2) is 4.93. The van der Waals surface area contributed by atoms with Crippen LogP contribution in [0.5, 0.6) is 11.5 Å². The van der Waals surface area contributed by atoms with Gasteiger partial charge in [0.1, 0.15) is 0 Å². The van der Waals surface area contributed by atoms with Crippen LogP contribution in [0, 0.1) is 0 Å². The van der Waals surface area contributed by atoms with Crippen molar-refractivity contribution >= 4 is 21.9 Å². The average molecular weight is 343 g/mol. The number of esters is 1. The fourth-order valence-corrected chi connectivity index (χ4v) is 2.90. The van der Waals surface area contributed by atoms with E-state index in [1.54, 1.807) is 19.1 Å². The monoisotopic (exact) mass is 342 g/mol. The summed E-state index contributed by atoms with van der Waals surface area (Å²) in [6.07, 6.45) is 1.45. The van der Waals surface area contributed by atoms with Gasteiger partial charge in [0.2, 0.25) is 0 Å². The topological polar surface area (TPSA) is 65.0 Å². The number of benzene rings is 1. The lowest BCUT2D eigenvalue weighted by Crippen LogP contribution is -2.45. The van der Waals surface area contributed by atoms with Crippen LogP contribution in [0.4, 0.5) is 0 Å². The lowest BCUT2D eigenvalue weighted by Gasteiger charge is -2.35. The number of aliphatic hydroxyl groups is 1. The SMILES string of the molecule is CCOC(=O)C(O)c1cc2c(cc1Br)OC1(CCC1)O2. The van der Waals surface area contributed by atoms with Crippen molar-refractivity contribution in [1.29, 1.82) is 0 Å². The maximum Gasteiger partial charge on any atom is 0.339 e. The molecule has 1 aliphatic heterocycles. The molecule has 1 saturated carbocycles. The summed E-state index contributed by atoms with van der Waals surface area (Å²) in [4.78, 5) is 11.6. The molecule has 1 spiro atoms. The maximum absolute atomic E-state index is 11.6. The fourth-order valence-electron chi connectivity index (χ4n) is 2.36. The number of hydrogen-bond acceptors (Lipinski definition) is 5. The van der Waals surface area contributed by atoms with Crippen molar-refractivity contribution in [3.05, 3.63) is 22.2 Å². The molecule has 0 saturated heterocycles. The lowest BCUT2D eigenvalue weighted by molar-refractivity contribution is -0.153. The van der Waals surface area contributed by atoms with Gasteiger partial charge in [-0.2, -0.15) is 0 Å². The van der Waals surface area contributed by atoms with Crippen molar-refractivity contribution in [3.8, 4) is 11.5 Å². The van der Waals surface area contributed by atoms with Crippen LogP contribution in [0.1, 0.15) is 37.9 Å². The first-order chi connectivity index (χ1) is 9.54. The lowest BCUT2D eigenvalue weighted by atomic mass is 9.91. The largest absolute Gasteiger partial charge is 0.464 e. The molecule has 0 radical (unpaired) electrons. The fraction of sp³-hybridized carbons (Fsp3) is 0.500. The Morgan fingerprint density at radius 2 is 2.10 bits per heavy atom. The molecule has 3 rings (SSSR count). The maximum atomic E-state index is 11.6. The van der Waals surface area contributed by atoms with Crippen LogP contribution < -0.4 is 9.47 Å². The normalized spacial score (nSPS) is 19.6. The molecule has 0 amide bonds. The standard InChI is InChI=1S/C14H15BrO5/c1-2-18-13(17)12(16)8-6-10-11(7-9(8)15)20-14(19-10)4-3-5-14/h6-7,12,16H,2-5H2,1H3. The summed E-state index contributed by atoms with van der Waals surface area (Å²) in [5, 5.41) is 10.0. The molecule has 0 aromatic heterocycles. The quantitative estimate of drug-likeness (QED) is 0.855. The van der Waals surface area contributed by atoms with Gasteiger partial charge in [-0.25, -0.2) is 4.79 Å². The zero-order chi connectivity index (χ0) is 14.3. The minimum absolute atomic E-state index is 0.223. The summed E-state index contributed by atoms with van der Waals surface area (Å²) >= 11 is 3.34. The number of ether oxygens (including phenoxy) is 3. The van der Waals surface area contributed by atoms with Crippen LogP contribution in [0.25, 0.3) is 0 Å². The third-order valence-corrected chi connectivity index (χ3v) is 4.26. The van der Waals surface area contributed by atoms with Gasteiger partial charge in [0.25, 0.3) is 5.79 Å². The molecule has 1 aromatic rings. The Morgan fingerprint density at radius 3 is 2.65 bits per heavy atom. The number of carbonyl (C=O) groups is 1. The number of aliphatic hydroxyl groups excluding tert-OH is 1. The van der Waals surface area contributed by atoms with E-state index >= 15 is 0 Å². The Kier molecular flexibility index (Phi) is 3.38. The van der Waals surface area contributed by atoms with E-state index in [0.717, 1.165) is 19.3 Å². The summed E-state index contributed by atoms with van der Waals surface area (Å²) < 4.78 is 17.0. The highest BCUT2D eigenvalue weighted by Crippen LogP contribution is 2.50. The van der Waals surface area contributed by atoms with E-state index in [2.05, 4.69) is 15.9 Å². The van der Waals surface area contributed by atoms with Gasteiger partial charge < -0.3 is 19.3 Å². The minimum Gasteiger partial charge on any atom is -0.464 e. The zero-order valence-corrected chi connectivity index (χ0v) is 12.6. The second-order valence-corrected chi connectivity index (χ2v) is 5.80. The number of rotatable bonds is 3. The van der Waals surface area contributed by atoms with Gasteiger partial charge in [0.15, 0.2) is 17.6 Å². The highest BCUT2D eigenvalue weighted by molar-refractivity contribution is 9.10. The molecule has 1 aromatic carbocycles. The van der Waals surface area contributed by atoms with E-state index in [1.807, 2.05) is 0 Å². The Balaban J connectivity index is 1.87. The number of fused-ring (bicyclic) bond motifs is 1. The zero-order valence-electron chi connectivity index (χ0n) is 11.0. The van der Waals surface area contributed by atoms with E-state index in [-0.39, 0.29) is 6.61 Å². The molecule has 1 fully saturated rings. The minimum atomic E-state index is -1.34. The molecule has 1 N–H and O–H groups in total. The van der Waals surface area contributed by atoms with E-state index < -0.39 is 17.9 Å². The Morgan fingerprint density at radius 1 is 1.45 bits per heavy atom. The van der Waals surface area contributed by atoms with Gasteiger partial charge in [-0.05, 0) is 25.5 Å². The highest BCUT2D eigenvalue weighted by atomic mass is 79.9. The number of carbonyl (C=O) groups excluding carboxylic acids is 1. The molecule has 108 valence electrons. The summed E-state index contributed by atoms with van der Waals surface area (Å²) in [6.45, 7) is 1.92. The van der Waals surface area contributed by atoms with Gasteiger partial charge in [-0.3, -0.25) is 0 Å². The molecule has 20 heavy (non-hydrogen) atoms. The van der Waals surface area contributed by atoms with Crippen LogP contribution in [-0.4, -0.2) is 23.5 Å². The molecule has 6 heteroatoms. The van der Waals surface area contributed by atoms with Crippen molar-refractivity contribution in [3.63, 3.8) is 0 Å². The molecule has 1 unspecified atom stereocenters. The van der Waals surface area contributed by atoms with Gasteiger partial charge in [0, 0.05) is 22.9 Å². The van der Waals surface area contributed by atoms with Crippen molar-refractivity contribution in [2.45, 2.75) is 38.1 Å². The van der Waals surface area contributed by atoms with Crippen molar-refractivity contribution < 1.29 is 24.1 Å². The molecule has 0 bridgehead atoms. The predicted molar refractivity (Wildman–Crippen MR) is 73.6 cm³/mol. The summed E-state index contributed by atoms with van der Waals surface area (Å²) in [5.41, 5.74) is 0.419. The van der Waals surface area contributed by atoms with E-state index in [0.29, 0.717) is 21.5 Å². The first-order valence-electron chi connectivity index (χ1n) is 6.61. The van der Waals surface area contributed by atoms with Crippen LogP contribution in [-0.2, 0) is 9.53 Å². The van der Waals surface area contributed by atoms with Gasteiger partial charge in [-0.1, -0.05) is 15.9 Å². The Bertz CT molecular complexity index is 553. The third kappa shape index (κ3) is 2.16. The summed E-state index contributed by atoms with van der Waals surface area (Å²) in [7, 11) is 0. The van der Waals surface area contributed by atoms with Crippen LogP contribution >= 0.6 is 15.9 Å². The molecular weight excluding hydrogens is 328 g/mol. The third-order valence-electron chi connectivity index (χ3n) is 3.57. The number of halogens is 1. The van der Waals surface area contributed by atoms with Crippen LogP contribution in [0.2, 0.25) is 0 Å². The summed E-state index contributed by atoms with van der Waals surface area (Å²) in [5.74, 6) is -0.0111. The Labute approximate surface area is 125 Å². The molecule has 1 atom stereocenters. The van der Waals surface area contributed by atoms with Crippen molar-refractivity contribution in [2.75, 3.05) is 6.61 Å². The molecular formula is C14H15BrO5. The second-order valence-electron chi connectivity index (χ2n) is 4.94. The molecule has 2 aliphatic rings. The first kappa shape index (κ1) is 13.7. The van der Waals surface area contributed by atoms with Crippen molar-refractivity contribution in [2.24, 2.45) is 0 Å². The van der Waals surface area contributed by atoms with Crippen LogP contribution in [0.3, 0.4) is 0 Å². The van der Waals surface area contributed by atoms with Gasteiger partial charge in [-0.15, -0.1) is 0 Å². The smallest absolute Gasteiger partial charge is 0.339 e. The van der Waals surface area contributed by atoms with E-state index in [1.165, 1.54) is 0 Å². The van der Waals surface area contributed by atoms with E-state index in [9.17, 15) is 9.90 Å². The summed E-state index contributed by atoms with van der Waals surface area (Å²) in [6, 6.07) is 3.36. The van der Waals surface area contributed by atoms with Crippen molar-refractivity contribution in [1.82, 2.24) is 0 Å². The van der Waals surface area contributed by atoms with E-state index in [4.69, 9.17) is 14.2 Å². The highest BCUT2D eigenvalue weighted by Gasteiger charge is 2.47.